The van der Waals surface area contributed by atoms with Crippen LogP contribution in [0.25, 0.3) is 0 Å². The summed E-state index contributed by atoms with van der Waals surface area (Å²) >= 11 is 0. The molecule has 4 nitrogen and oxygen atoms in total. The molecule has 5 heteroatoms. The zero-order valence-corrected chi connectivity index (χ0v) is 14.1. The van der Waals surface area contributed by atoms with Crippen molar-refractivity contribution in [3.63, 3.8) is 0 Å². The second-order valence-electron chi connectivity index (χ2n) is 6.65. The molecule has 0 aliphatic carbocycles. The SMILES string of the molecule is Cc1ccc(C(C)(C)CNC(=O)C[C@@H]2C=CS(=O)(=O)C2)cc1. The second-order valence-corrected chi connectivity index (χ2v) is 8.58. The zero-order valence-electron chi connectivity index (χ0n) is 13.3. The van der Waals surface area contributed by atoms with E-state index >= 15 is 0 Å². The minimum atomic E-state index is -3.09. The van der Waals surface area contributed by atoms with E-state index in [-0.39, 0.29) is 29.4 Å². The lowest BCUT2D eigenvalue weighted by Crippen LogP contribution is -2.37. The van der Waals surface area contributed by atoms with E-state index in [0.29, 0.717) is 6.54 Å². The highest BCUT2D eigenvalue weighted by Crippen LogP contribution is 2.23. The molecule has 1 aliphatic rings. The summed E-state index contributed by atoms with van der Waals surface area (Å²) in [6.07, 6.45) is 1.83. The molecular formula is C17H23NO3S. The fourth-order valence-electron chi connectivity index (χ4n) is 2.50. The van der Waals surface area contributed by atoms with Crippen molar-refractivity contribution in [1.82, 2.24) is 5.32 Å². The highest BCUT2D eigenvalue weighted by atomic mass is 32.2. The van der Waals surface area contributed by atoms with E-state index in [0.717, 1.165) is 0 Å². The quantitative estimate of drug-likeness (QED) is 0.905. The van der Waals surface area contributed by atoms with Crippen LogP contribution in [0.2, 0.25) is 0 Å². The van der Waals surface area contributed by atoms with Crippen LogP contribution in [0.5, 0.6) is 0 Å². The van der Waals surface area contributed by atoms with Crippen LogP contribution in [0, 0.1) is 12.8 Å². The molecule has 1 heterocycles. The van der Waals surface area contributed by atoms with Gasteiger partial charge < -0.3 is 5.32 Å². The molecular weight excluding hydrogens is 298 g/mol. The van der Waals surface area contributed by atoms with E-state index in [2.05, 4.69) is 43.4 Å². The summed E-state index contributed by atoms with van der Waals surface area (Å²) in [5, 5.41) is 4.13. The molecule has 0 saturated heterocycles. The molecule has 1 atom stereocenters. The van der Waals surface area contributed by atoms with Crippen molar-refractivity contribution >= 4 is 15.7 Å². The predicted octanol–water partition coefficient (Wildman–Crippen LogP) is 2.34. The second kappa shape index (κ2) is 6.24. The Balaban J connectivity index is 1.88. The predicted molar refractivity (Wildman–Crippen MR) is 88.2 cm³/mol. The van der Waals surface area contributed by atoms with Crippen LogP contribution >= 0.6 is 0 Å². The lowest BCUT2D eigenvalue weighted by molar-refractivity contribution is -0.121. The molecule has 22 heavy (non-hydrogen) atoms. The number of benzene rings is 1. The van der Waals surface area contributed by atoms with E-state index < -0.39 is 9.84 Å². The van der Waals surface area contributed by atoms with Gasteiger partial charge in [0.1, 0.15) is 0 Å². The van der Waals surface area contributed by atoms with Gasteiger partial charge in [-0.05, 0) is 12.5 Å². The number of nitrogens with one attached hydrogen (secondary N) is 1. The van der Waals surface area contributed by atoms with Gasteiger partial charge in [0.25, 0.3) is 0 Å². The molecule has 0 unspecified atom stereocenters. The van der Waals surface area contributed by atoms with Crippen molar-refractivity contribution in [2.75, 3.05) is 12.3 Å². The molecule has 0 fully saturated rings. The third kappa shape index (κ3) is 4.44. The maximum Gasteiger partial charge on any atom is 0.220 e. The van der Waals surface area contributed by atoms with E-state index in [1.165, 1.54) is 16.5 Å². The van der Waals surface area contributed by atoms with Crippen LogP contribution in [0.3, 0.4) is 0 Å². The third-order valence-corrected chi connectivity index (χ3v) is 5.48. The first-order valence-electron chi connectivity index (χ1n) is 7.43. The maximum atomic E-state index is 12.0. The first kappa shape index (κ1) is 16.7. The van der Waals surface area contributed by atoms with Crippen molar-refractivity contribution in [3.8, 4) is 0 Å². The number of sulfone groups is 1. The minimum Gasteiger partial charge on any atom is -0.355 e. The molecule has 1 N–H and O–H groups in total. The third-order valence-electron chi connectivity index (χ3n) is 4.01. The molecule has 0 saturated carbocycles. The Morgan fingerprint density at radius 3 is 2.45 bits per heavy atom. The van der Waals surface area contributed by atoms with Crippen LogP contribution in [0.4, 0.5) is 0 Å². The summed E-state index contributed by atoms with van der Waals surface area (Å²) < 4.78 is 22.7. The molecule has 1 amide bonds. The molecule has 1 aromatic rings. The molecule has 0 radical (unpaired) electrons. The molecule has 0 spiro atoms. The van der Waals surface area contributed by atoms with E-state index in [1.54, 1.807) is 6.08 Å². The minimum absolute atomic E-state index is 0.0434. The Hall–Kier alpha value is -1.62. The van der Waals surface area contributed by atoms with Gasteiger partial charge in [-0.15, -0.1) is 0 Å². The number of allylic oxidation sites excluding steroid dienone is 1. The van der Waals surface area contributed by atoms with Crippen molar-refractivity contribution in [3.05, 3.63) is 46.9 Å². The monoisotopic (exact) mass is 321 g/mol. The number of aryl methyl sites for hydroxylation is 1. The fourth-order valence-corrected chi connectivity index (χ4v) is 3.90. The average molecular weight is 321 g/mol. The van der Waals surface area contributed by atoms with Gasteiger partial charge in [-0.25, -0.2) is 8.42 Å². The standard InChI is InChI=1S/C17H23NO3S/c1-13-4-6-15(7-5-13)17(2,3)12-18-16(19)10-14-8-9-22(20,21)11-14/h4-9,14H,10-12H2,1-3H3,(H,18,19)/t14-/m0/s1. The number of hydrogen-bond acceptors (Lipinski definition) is 3. The van der Waals surface area contributed by atoms with Crippen molar-refractivity contribution in [1.29, 1.82) is 0 Å². The van der Waals surface area contributed by atoms with Crippen LogP contribution in [0.15, 0.2) is 35.7 Å². The van der Waals surface area contributed by atoms with E-state index in [1.807, 2.05) is 6.92 Å². The molecule has 1 aromatic carbocycles. The lowest BCUT2D eigenvalue weighted by atomic mass is 9.84. The topological polar surface area (TPSA) is 63.2 Å². The number of hydrogen-bond donors (Lipinski definition) is 1. The maximum absolute atomic E-state index is 12.0. The van der Waals surface area contributed by atoms with Gasteiger partial charge in [0, 0.05) is 29.7 Å². The van der Waals surface area contributed by atoms with Crippen molar-refractivity contribution in [2.45, 2.75) is 32.6 Å². The molecule has 2 rings (SSSR count). The van der Waals surface area contributed by atoms with Gasteiger partial charge in [0.05, 0.1) is 5.75 Å². The van der Waals surface area contributed by atoms with Crippen LogP contribution in [0.1, 0.15) is 31.4 Å². The Kier molecular flexibility index (Phi) is 4.75. The van der Waals surface area contributed by atoms with Gasteiger partial charge in [-0.3, -0.25) is 4.79 Å². The summed E-state index contributed by atoms with van der Waals surface area (Å²) in [4.78, 5) is 12.0. The normalized spacial score (nSPS) is 20.0. The highest BCUT2D eigenvalue weighted by Gasteiger charge is 2.25. The zero-order chi connectivity index (χ0) is 16.4. The molecule has 1 aliphatic heterocycles. The van der Waals surface area contributed by atoms with Crippen molar-refractivity contribution < 1.29 is 13.2 Å². The fraction of sp³-hybridized carbons (Fsp3) is 0.471. The Morgan fingerprint density at radius 1 is 1.27 bits per heavy atom. The van der Waals surface area contributed by atoms with Gasteiger partial charge in [0.2, 0.25) is 5.91 Å². The number of carbonyl (C=O) groups excluding carboxylic acids is 1. The van der Waals surface area contributed by atoms with Crippen molar-refractivity contribution in [2.24, 2.45) is 5.92 Å². The van der Waals surface area contributed by atoms with Crippen LogP contribution < -0.4 is 5.32 Å². The van der Waals surface area contributed by atoms with E-state index in [4.69, 9.17) is 0 Å². The Morgan fingerprint density at radius 2 is 1.91 bits per heavy atom. The Labute approximate surface area is 132 Å². The number of amides is 1. The average Bonchev–Trinajstić information content (AvgIpc) is 2.76. The summed E-state index contributed by atoms with van der Waals surface area (Å²) in [5.41, 5.74) is 2.21. The van der Waals surface area contributed by atoms with Crippen LogP contribution in [-0.2, 0) is 20.0 Å². The van der Waals surface area contributed by atoms with Crippen LogP contribution in [-0.4, -0.2) is 26.6 Å². The largest absolute Gasteiger partial charge is 0.355 e. The van der Waals surface area contributed by atoms with Gasteiger partial charge in [-0.1, -0.05) is 49.8 Å². The highest BCUT2D eigenvalue weighted by molar-refractivity contribution is 7.94. The molecule has 0 aromatic heterocycles. The Bertz CT molecular complexity index is 672. The van der Waals surface area contributed by atoms with Gasteiger partial charge in [-0.2, -0.15) is 0 Å². The summed E-state index contributed by atoms with van der Waals surface area (Å²) in [6, 6.07) is 8.28. The van der Waals surface area contributed by atoms with E-state index in [9.17, 15) is 13.2 Å². The number of rotatable bonds is 5. The summed E-state index contributed by atoms with van der Waals surface area (Å²) in [6.45, 7) is 6.73. The lowest BCUT2D eigenvalue weighted by Gasteiger charge is -2.26. The van der Waals surface area contributed by atoms with Gasteiger partial charge in [0.15, 0.2) is 9.84 Å². The summed E-state index contributed by atoms with van der Waals surface area (Å²) in [5.74, 6) is -0.263. The first-order valence-corrected chi connectivity index (χ1v) is 9.14. The summed E-state index contributed by atoms with van der Waals surface area (Å²) in [7, 11) is -3.09. The first-order chi connectivity index (χ1) is 10.2. The number of carbonyl (C=O) groups is 1. The molecule has 0 bridgehead atoms. The van der Waals surface area contributed by atoms with Gasteiger partial charge >= 0.3 is 0 Å². The molecule has 120 valence electrons. The smallest absolute Gasteiger partial charge is 0.220 e.